The molecule has 4 unspecified atom stereocenters. The molecule has 1 aliphatic carbocycles. The Bertz CT molecular complexity index is 180. The molecule has 1 nitrogen and oxygen atoms in total. The quantitative estimate of drug-likeness (QED) is 0.524. The van der Waals surface area contributed by atoms with Gasteiger partial charge in [0.05, 0.1) is 16.1 Å². The fourth-order valence-electron chi connectivity index (χ4n) is 2.07. The molecule has 15 heavy (non-hydrogen) atoms. The molecule has 1 saturated carbocycles. The second kappa shape index (κ2) is 7.57. The Morgan fingerprint density at radius 1 is 1.33 bits per heavy atom. The summed E-state index contributed by atoms with van der Waals surface area (Å²) in [6.45, 7) is 2.30. The van der Waals surface area contributed by atoms with Crippen LogP contribution in [0.4, 0.5) is 0 Å². The second-order valence-electron chi connectivity index (χ2n) is 4.39. The van der Waals surface area contributed by atoms with Crippen molar-refractivity contribution in [3.05, 3.63) is 0 Å². The monoisotopic (exact) mass is 364 g/mol. The molecule has 0 amide bonds. The predicted octanol–water partition coefficient (Wildman–Crippen LogP) is 4.23. The standard InChI is InChI=1S/C11H19Cl2IO/c1-8-3-2-4-9(5-8)15-11(7-13)10(14)6-12/h8-11H,2-7H2,1H3. The van der Waals surface area contributed by atoms with E-state index in [1.807, 2.05) is 0 Å². The van der Waals surface area contributed by atoms with E-state index in [9.17, 15) is 0 Å². The summed E-state index contributed by atoms with van der Waals surface area (Å²) in [5.74, 6) is 1.95. The fraction of sp³-hybridized carbons (Fsp3) is 1.00. The van der Waals surface area contributed by atoms with Gasteiger partial charge in [0.2, 0.25) is 0 Å². The zero-order chi connectivity index (χ0) is 11.3. The van der Waals surface area contributed by atoms with E-state index in [0.717, 1.165) is 5.92 Å². The van der Waals surface area contributed by atoms with E-state index in [4.69, 9.17) is 27.9 Å². The maximum atomic E-state index is 6.04. The van der Waals surface area contributed by atoms with E-state index >= 15 is 0 Å². The molecule has 0 saturated heterocycles. The van der Waals surface area contributed by atoms with Gasteiger partial charge in [-0.05, 0) is 18.8 Å². The molecule has 0 radical (unpaired) electrons. The van der Waals surface area contributed by atoms with Crippen LogP contribution in [-0.2, 0) is 4.74 Å². The first-order chi connectivity index (χ1) is 7.17. The Morgan fingerprint density at radius 2 is 2.07 bits per heavy atom. The lowest BCUT2D eigenvalue weighted by Gasteiger charge is -2.31. The van der Waals surface area contributed by atoms with Crippen molar-refractivity contribution in [2.24, 2.45) is 5.92 Å². The molecule has 0 aromatic rings. The lowest BCUT2D eigenvalue weighted by atomic mass is 9.88. The normalized spacial score (nSPS) is 31.2. The lowest BCUT2D eigenvalue weighted by molar-refractivity contribution is -0.0253. The van der Waals surface area contributed by atoms with Crippen molar-refractivity contribution in [2.75, 3.05) is 11.8 Å². The van der Waals surface area contributed by atoms with Gasteiger partial charge in [0.15, 0.2) is 0 Å². The Morgan fingerprint density at radius 3 is 2.60 bits per heavy atom. The number of halogens is 3. The Labute approximate surface area is 116 Å². The molecule has 0 aromatic heterocycles. The molecule has 1 rings (SSSR count). The summed E-state index contributed by atoms with van der Waals surface area (Å²) in [4.78, 5) is 0. The van der Waals surface area contributed by atoms with Gasteiger partial charge in [-0.25, -0.2) is 0 Å². The van der Waals surface area contributed by atoms with E-state index in [-0.39, 0.29) is 6.10 Å². The summed E-state index contributed by atoms with van der Waals surface area (Å²) in [5, 5.41) is 0. The van der Waals surface area contributed by atoms with Crippen LogP contribution in [0.1, 0.15) is 32.6 Å². The van der Waals surface area contributed by atoms with Crippen molar-refractivity contribution in [2.45, 2.75) is 48.7 Å². The Kier molecular flexibility index (Phi) is 7.23. The Hall–Kier alpha value is 1.27. The number of ether oxygens (including phenoxy) is 1. The highest BCUT2D eigenvalue weighted by atomic mass is 127. The second-order valence-corrected chi connectivity index (χ2v) is 6.61. The smallest absolute Gasteiger partial charge is 0.0843 e. The van der Waals surface area contributed by atoms with Gasteiger partial charge in [-0.15, -0.1) is 23.2 Å². The van der Waals surface area contributed by atoms with Gasteiger partial charge in [-0.1, -0.05) is 42.4 Å². The van der Waals surface area contributed by atoms with Crippen LogP contribution in [-0.4, -0.2) is 27.9 Å². The van der Waals surface area contributed by atoms with Crippen LogP contribution < -0.4 is 0 Å². The molecule has 0 heterocycles. The summed E-state index contributed by atoms with van der Waals surface area (Å²) >= 11 is 14.1. The van der Waals surface area contributed by atoms with E-state index in [0.29, 0.717) is 21.8 Å². The van der Waals surface area contributed by atoms with Crippen LogP contribution in [0.2, 0.25) is 0 Å². The number of alkyl halides is 3. The molecule has 0 spiro atoms. The third-order valence-electron chi connectivity index (χ3n) is 2.96. The number of hydrogen-bond donors (Lipinski definition) is 0. The molecule has 90 valence electrons. The van der Waals surface area contributed by atoms with Gasteiger partial charge in [-0.3, -0.25) is 0 Å². The molecule has 0 N–H and O–H groups in total. The molecule has 4 atom stereocenters. The van der Waals surface area contributed by atoms with Gasteiger partial charge >= 0.3 is 0 Å². The first kappa shape index (κ1) is 14.3. The van der Waals surface area contributed by atoms with Gasteiger partial charge in [-0.2, -0.15) is 0 Å². The lowest BCUT2D eigenvalue weighted by Crippen LogP contribution is -2.34. The maximum Gasteiger partial charge on any atom is 0.0843 e. The highest BCUT2D eigenvalue weighted by Crippen LogP contribution is 2.28. The largest absolute Gasteiger partial charge is 0.373 e. The predicted molar refractivity (Wildman–Crippen MR) is 75.5 cm³/mol. The minimum Gasteiger partial charge on any atom is -0.373 e. The van der Waals surface area contributed by atoms with Crippen molar-refractivity contribution >= 4 is 45.8 Å². The van der Waals surface area contributed by atoms with Crippen LogP contribution in [0.25, 0.3) is 0 Å². The van der Waals surface area contributed by atoms with Crippen molar-refractivity contribution < 1.29 is 4.74 Å². The van der Waals surface area contributed by atoms with Crippen LogP contribution in [0.5, 0.6) is 0 Å². The molecule has 0 bridgehead atoms. The van der Waals surface area contributed by atoms with Crippen molar-refractivity contribution in [1.29, 1.82) is 0 Å². The SMILES string of the molecule is CC1CCCC(OC(CCl)C(I)CCl)C1. The Balaban J connectivity index is 2.36. The third-order valence-corrected chi connectivity index (χ3v) is 5.36. The fourth-order valence-corrected chi connectivity index (χ4v) is 3.28. The van der Waals surface area contributed by atoms with Crippen molar-refractivity contribution in [3.63, 3.8) is 0 Å². The summed E-state index contributed by atoms with van der Waals surface area (Å²) in [5.41, 5.74) is 0. The van der Waals surface area contributed by atoms with Gasteiger partial charge in [0.1, 0.15) is 0 Å². The zero-order valence-corrected chi connectivity index (χ0v) is 12.8. The third kappa shape index (κ3) is 4.97. The zero-order valence-electron chi connectivity index (χ0n) is 9.09. The average Bonchev–Trinajstić information content (AvgIpc) is 2.25. The summed E-state index contributed by atoms with van der Waals surface area (Å²) in [7, 11) is 0. The van der Waals surface area contributed by atoms with E-state index in [2.05, 4.69) is 29.5 Å². The van der Waals surface area contributed by atoms with Gasteiger partial charge in [0, 0.05) is 11.8 Å². The summed E-state index contributed by atoms with van der Waals surface area (Å²) < 4.78 is 6.36. The minimum atomic E-state index is 0.111. The molecule has 1 aliphatic rings. The van der Waals surface area contributed by atoms with E-state index < -0.39 is 0 Å². The molecule has 4 heteroatoms. The topological polar surface area (TPSA) is 9.23 Å². The first-order valence-electron chi connectivity index (χ1n) is 5.58. The van der Waals surface area contributed by atoms with Crippen LogP contribution in [0.3, 0.4) is 0 Å². The minimum absolute atomic E-state index is 0.111. The van der Waals surface area contributed by atoms with Crippen molar-refractivity contribution in [3.8, 4) is 0 Å². The highest BCUT2D eigenvalue weighted by Gasteiger charge is 2.25. The van der Waals surface area contributed by atoms with E-state index in [1.165, 1.54) is 25.7 Å². The number of hydrogen-bond acceptors (Lipinski definition) is 1. The first-order valence-corrected chi connectivity index (χ1v) is 7.90. The average molecular weight is 365 g/mol. The molecule has 1 fully saturated rings. The van der Waals surface area contributed by atoms with Gasteiger partial charge in [0.25, 0.3) is 0 Å². The summed E-state index contributed by atoms with van der Waals surface area (Å²) in [6.07, 6.45) is 5.50. The van der Waals surface area contributed by atoms with Crippen molar-refractivity contribution in [1.82, 2.24) is 0 Å². The number of rotatable bonds is 5. The molecular formula is C11H19Cl2IO. The summed E-state index contributed by atoms with van der Waals surface area (Å²) in [6, 6.07) is 0. The molecule has 0 aliphatic heterocycles. The van der Waals surface area contributed by atoms with Crippen LogP contribution in [0, 0.1) is 5.92 Å². The van der Waals surface area contributed by atoms with Gasteiger partial charge < -0.3 is 4.74 Å². The van der Waals surface area contributed by atoms with Crippen LogP contribution in [0.15, 0.2) is 0 Å². The highest BCUT2D eigenvalue weighted by molar-refractivity contribution is 14.1. The maximum absolute atomic E-state index is 6.04. The molecular weight excluding hydrogens is 346 g/mol. The molecule has 0 aromatic carbocycles. The van der Waals surface area contributed by atoms with Crippen LogP contribution >= 0.6 is 45.8 Å². The van der Waals surface area contributed by atoms with E-state index in [1.54, 1.807) is 0 Å².